The molecule has 6 heteroatoms. The minimum atomic E-state index is -3.99. The van der Waals surface area contributed by atoms with Crippen molar-refractivity contribution in [3.8, 4) is 6.07 Å². The summed E-state index contributed by atoms with van der Waals surface area (Å²) in [6.45, 7) is 2.75. The van der Waals surface area contributed by atoms with E-state index >= 15 is 0 Å². The van der Waals surface area contributed by atoms with E-state index < -0.39 is 20.5 Å². The van der Waals surface area contributed by atoms with Crippen molar-refractivity contribution in [3.05, 3.63) is 0 Å². The first-order chi connectivity index (χ1) is 4.98. The maximum atomic E-state index is 10.7. The van der Waals surface area contributed by atoms with E-state index in [2.05, 4.69) is 9.05 Å². The minimum Gasteiger partial charge on any atom is -0.302 e. The van der Waals surface area contributed by atoms with Crippen LogP contribution in [0.5, 0.6) is 0 Å². The summed E-state index contributed by atoms with van der Waals surface area (Å²) in [5.74, 6) is 0. The zero-order chi connectivity index (χ0) is 8.91. The minimum absolute atomic E-state index is 0.399. The van der Waals surface area contributed by atoms with Gasteiger partial charge in [0.1, 0.15) is 6.61 Å². The maximum absolute atomic E-state index is 10.7. The molecule has 0 saturated heterocycles. The average Bonchev–Trinajstić information content (AvgIpc) is 1.81. The number of rotatable bonds is 4. The summed E-state index contributed by atoms with van der Waals surface area (Å²) in [5.41, 5.74) is 0. The van der Waals surface area contributed by atoms with Crippen LogP contribution in [-0.2, 0) is 13.6 Å². The fourth-order valence-electron chi connectivity index (χ4n) is 0.407. The molecule has 0 radical (unpaired) electrons. The van der Waals surface area contributed by atoms with Gasteiger partial charge in [0, 0.05) is 0 Å². The molecule has 0 fully saturated rings. The predicted octanol–water partition coefficient (Wildman–Crippen LogP) is 1.05. The Morgan fingerprint density at radius 2 is 2.27 bits per heavy atom. The van der Waals surface area contributed by atoms with Crippen LogP contribution >= 0.6 is 7.82 Å². The van der Waals surface area contributed by atoms with Gasteiger partial charge >= 0.3 is 7.82 Å². The van der Waals surface area contributed by atoms with Crippen LogP contribution in [0.15, 0.2) is 0 Å². The largest absolute Gasteiger partial charge is 0.473 e. The Balaban J connectivity index is 3.83. The van der Waals surface area contributed by atoms with Crippen molar-refractivity contribution in [2.24, 2.45) is 0 Å². The number of nitriles is 1. The molecule has 0 bridgehead atoms. The lowest BCUT2D eigenvalue weighted by Gasteiger charge is -2.11. The average molecular weight is 179 g/mol. The number of nitrogens with zero attached hydrogens (tertiary/aromatic N) is 1. The summed E-state index contributed by atoms with van der Waals surface area (Å²) < 4.78 is 19.4. The van der Waals surface area contributed by atoms with Gasteiger partial charge in [0.15, 0.2) is 0 Å². The van der Waals surface area contributed by atoms with Crippen LogP contribution in [0.1, 0.15) is 13.8 Å². The van der Waals surface area contributed by atoms with Crippen molar-refractivity contribution < 1.29 is 18.5 Å². The highest BCUT2D eigenvalue weighted by Crippen LogP contribution is 2.43. The molecule has 0 heterocycles. The first-order valence-electron chi connectivity index (χ1n) is 3.00. The molecule has 1 atom stereocenters. The first kappa shape index (κ1) is 10.6. The van der Waals surface area contributed by atoms with Gasteiger partial charge in [-0.25, -0.2) is 4.57 Å². The van der Waals surface area contributed by atoms with E-state index in [1.54, 1.807) is 19.9 Å². The summed E-state index contributed by atoms with van der Waals surface area (Å²) in [6, 6.07) is 1.56. The molecule has 1 N–H and O–H groups in total. The van der Waals surface area contributed by atoms with Gasteiger partial charge in [0.2, 0.25) is 0 Å². The Morgan fingerprint density at radius 1 is 1.73 bits per heavy atom. The van der Waals surface area contributed by atoms with Crippen LogP contribution in [0, 0.1) is 11.3 Å². The Hall–Kier alpha value is -0.400. The molecule has 0 aliphatic carbocycles. The van der Waals surface area contributed by atoms with Gasteiger partial charge in [-0.05, 0) is 13.8 Å². The standard InChI is InChI=1S/C5H10NO4P/c1-5(2)10-11(7,8)9-4-3-6/h5H,4H2,1-2H3,(H,7,8). The summed E-state index contributed by atoms with van der Waals surface area (Å²) in [4.78, 5) is 8.78. The summed E-state index contributed by atoms with van der Waals surface area (Å²) >= 11 is 0. The van der Waals surface area contributed by atoms with Crippen molar-refractivity contribution in [1.82, 2.24) is 0 Å². The molecule has 0 amide bonds. The quantitative estimate of drug-likeness (QED) is 0.652. The predicted molar refractivity (Wildman–Crippen MR) is 37.6 cm³/mol. The molecule has 5 nitrogen and oxygen atoms in total. The summed E-state index contributed by atoms with van der Waals surface area (Å²) in [7, 11) is -3.99. The SMILES string of the molecule is CC(C)OP(=O)(O)OCC#N. The second kappa shape index (κ2) is 4.47. The van der Waals surface area contributed by atoms with E-state index in [9.17, 15) is 4.57 Å². The molecular formula is C5H10NO4P. The van der Waals surface area contributed by atoms with Gasteiger partial charge in [-0.1, -0.05) is 0 Å². The van der Waals surface area contributed by atoms with Gasteiger partial charge in [0.25, 0.3) is 0 Å². The molecule has 1 unspecified atom stereocenters. The number of phosphoric acid groups is 1. The first-order valence-corrected chi connectivity index (χ1v) is 4.50. The van der Waals surface area contributed by atoms with Crippen molar-refractivity contribution in [2.75, 3.05) is 6.61 Å². The highest BCUT2D eigenvalue weighted by atomic mass is 31.2. The van der Waals surface area contributed by atoms with E-state index in [0.29, 0.717) is 0 Å². The Morgan fingerprint density at radius 3 is 2.64 bits per heavy atom. The van der Waals surface area contributed by atoms with Gasteiger partial charge in [0.05, 0.1) is 12.2 Å². The molecule has 0 aromatic carbocycles. The molecule has 0 spiro atoms. The molecule has 0 aliphatic rings. The lowest BCUT2D eigenvalue weighted by atomic mass is 10.5. The van der Waals surface area contributed by atoms with Crippen LogP contribution in [-0.4, -0.2) is 17.6 Å². The second-order valence-corrected chi connectivity index (χ2v) is 3.46. The Kier molecular flexibility index (Phi) is 4.31. The summed E-state index contributed by atoms with van der Waals surface area (Å²) in [6.07, 6.45) is -0.399. The Bertz CT molecular complexity index is 197. The molecule has 0 aliphatic heterocycles. The second-order valence-electron chi connectivity index (χ2n) is 2.05. The zero-order valence-corrected chi connectivity index (χ0v) is 7.25. The highest BCUT2D eigenvalue weighted by molar-refractivity contribution is 7.47. The van der Waals surface area contributed by atoms with Crippen LogP contribution in [0.3, 0.4) is 0 Å². The van der Waals surface area contributed by atoms with Crippen molar-refractivity contribution in [2.45, 2.75) is 20.0 Å². The fraction of sp³-hybridized carbons (Fsp3) is 0.800. The number of hydrogen-bond acceptors (Lipinski definition) is 4. The van der Waals surface area contributed by atoms with Crippen molar-refractivity contribution in [1.29, 1.82) is 5.26 Å². The smallest absolute Gasteiger partial charge is 0.302 e. The molecule has 64 valence electrons. The van der Waals surface area contributed by atoms with Crippen LogP contribution in [0.2, 0.25) is 0 Å². The van der Waals surface area contributed by atoms with Crippen LogP contribution in [0.4, 0.5) is 0 Å². The molecule has 0 saturated carbocycles. The van der Waals surface area contributed by atoms with E-state index in [0.717, 1.165) is 0 Å². The molecular weight excluding hydrogens is 169 g/mol. The molecule has 0 aromatic heterocycles. The maximum Gasteiger partial charge on any atom is 0.473 e. The molecule has 11 heavy (non-hydrogen) atoms. The zero-order valence-electron chi connectivity index (χ0n) is 6.35. The fourth-order valence-corrected chi connectivity index (χ4v) is 1.22. The lowest BCUT2D eigenvalue weighted by molar-refractivity contribution is 0.130. The third kappa shape index (κ3) is 6.02. The summed E-state index contributed by atoms with van der Waals surface area (Å²) in [5, 5.41) is 8.00. The number of phosphoric ester groups is 1. The topological polar surface area (TPSA) is 79.6 Å². The normalized spacial score (nSPS) is 15.9. The van der Waals surface area contributed by atoms with E-state index in [1.807, 2.05) is 0 Å². The van der Waals surface area contributed by atoms with Gasteiger partial charge in [-0.3, -0.25) is 9.05 Å². The highest BCUT2D eigenvalue weighted by Gasteiger charge is 2.21. The van der Waals surface area contributed by atoms with Crippen LogP contribution in [0.25, 0.3) is 0 Å². The van der Waals surface area contributed by atoms with Gasteiger partial charge < -0.3 is 4.89 Å². The van der Waals surface area contributed by atoms with Crippen molar-refractivity contribution >= 4 is 7.82 Å². The molecule has 0 aromatic rings. The third-order valence-corrected chi connectivity index (χ3v) is 1.78. The van der Waals surface area contributed by atoms with Crippen LogP contribution < -0.4 is 0 Å². The Labute approximate surface area is 65.2 Å². The van der Waals surface area contributed by atoms with E-state index in [4.69, 9.17) is 10.2 Å². The van der Waals surface area contributed by atoms with Gasteiger partial charge in [-0.2, -0.15) is 5.26 Å². The third-order valence-electron chi connectivity index (χ3n) is 0.636. The van der Waals surface area contributed by atoms with Crippen molar-refractivity contribution in [3.63, 3.8) is 0 Å². The van der Waals surface area contributed by atoms with E-state index in [1.165, 1.54) is 0 Å². The number of hydrogen-bond donors (Lipinski definition) is 1. The molecule has 0 rings (SSSR count). The van der Waals surface area contributed by atoms with Gasteiger partial charge in [-0.15, -0.1) is 0 Å². The lowest BCUT2D eigenvalue weighted by Crippen LogP contribution is -2.02. The van der Waals surface area contributed by atoms with E-state index in [-0.39, 0.29) is 0 Å². The monoisotopic (exact) mass is 179 g/mol.